The van der Waals surface area contributed by atoms with Crippen LogP contribution in [0.4, 0.5) is 11.8 Å². The Hall–Kier alpha value is -1.39. The number of anilines is 2. The van der Waals surface area contributed by atoms with E-state index in [0.717, 1.165) is 31.9 Å². The lowest BCUT2D eigenvalue weighted by molar-refractivity contribution is 0.605. The second-order valence-corrected chi connectivity index (χ2v) is 4.42. The summed E-state index contributed by atoms with van der Waals surface area (Å²) in [5.41, 5.74) is 0. The molecular weight excluding hydrogens is 214 g/mol. The Kier molecular flexibility index (Phi) is 5.66. The van der Waals surface area contributed by atoms with Crippen molar-refractivity contribution < 1.29 is 0 Å². The van der Waals surface area contributed by atoms with Crippen LogP contribution >= 0.6 is 0 Å². The summed E-state index contributed by atoms with van der Waals surface area (Å²) in [6, 6.07) is 0. The summed E-state index contributed by atoms with van der Waals surface area (Å²) in [4.78, 5) is 6.61. The molecule has 0 amide bonds. The van der Waals surface area contributed by atoms with Crippen molar-refractivity contribution in [2.45, 2.75) is 34.1 Å². The highest BCUT2D eigenvalue weighted by Crippen LogP contribution is 2.10. The third kappa shape index (κ3) is 4.54. The zero-order valence-electron chi connectivity index (χ0n) is 11.3. The van der Waals surface area contributed by atoms with Gasteiger partial charge in [-0.25, -0.2) is 0 Å². The van der Waals surface area contributed by atoms with Crippen molar-refractivity contribution in [2.24, 2.45) is 5.92 Å². The fourth-order valence-corrected chi connectivity index (χ4v) is 1.54. The summed E-state index contributed by atoms with van der Waals surface area (Å²) in [6.07, 6.45) is 2.82. The van der Waals surface area contributed by atoms with E-state index in [4.69, 9.17) is 0 Å². The lowest BCUT2D eigenvalue weighted by Crippen LogP contribution is -2.24. The van der Waals surface area contributed by atoms with Gasteiger partial charge in [0.25, 0.3) is 0 Å². The minimum absolute atomic E-state index is 0.620. The van der Waals surface area contributed by atoms with Gasteiger partial charge in [0.1, 0.15) is 0 Å². The zero-order chi connectivity index (χ0) is 12.7. The molecule has 0 saturated carbocycles. The molecule has 0 atom stereocenters. The highest BCUT2D eigenvalue weighted by atomic mass is 15.3. The molecule has 0 aliphatic carbocycles. The molecule has 1 N–H and O–H groups in total. The molecule has 0 bridgehead atoms. The molecule has 0 aliphatic heterocycles. The van der Waals surface area contributed by atoms with Gasteiger partial charge in [-0.05, 0) is 26.2 Å². The fraction of sp³-hybridized carbons (Fsp3) is 0.750. The van der Waals surface area contributed by atoms with Gasteiger partial charge < -0.3 is 10.2 Å². The average molecular weight is 237 g/mol. The van der Waals surface area contributed by atoms with Crippen LogP contribution in [-0.2, 0) is 0 Å². The quantitative estimate of drug-likeness (QED) is 0.787. The predicted octanol–water partition coefficient (Wildman–Crippen LogP) is 2.18. The molecular formula is C12H23N5. The monoisotopic (exact) mass is 237 g/mol. The van der Waals surface area contributed by atoms with Gasteiger partial charge in [-0.1, -0.05) is 13.8 Å². The van der Waals surface area contributed by atoms with Crippen molar-refractivity contribution >= 4 is 11.8 Å². The Balaban J connectivity index is 2.59. The summed E-state index contributed by atoms with van der Waals surface area (Å²) in [5, 5.41) is 11.2. The number of hydrogen-bond donors (Lipinski definition) is 1. The van der Waals surface area contributed by atoms with Crippen molar-refractivity contribution in [1.29, 1.82) is 0 Å². The standard InChI is InChI=1S/C12H23N5/c1-5-17(6-2)11-9-14-16-12(15-11)13-8-7-10(3)4/h9-10H,5-8H2,1-4H3,(H,13,15,16). The zero-order valence-corrected chi connectivity index (χ0v) is 11.3. The third-order valence-corrected chi connectivity index (χ3v) is 2.64. The minimum atomic E-state index is 0.620. The highest BCUT2D eigenvalue weighted by molar-refractivity contribution is 5.39. The van der Waals surface area contributed by atoms with Crippen LogP contribution in [0.1, 0.15) is 34.1 Å². The van der Waals surface area contributed by atoms with Crippen LogP contribution < -0.4 is 10.2 Å². The van der Waals surface area contributed by atoms with Gasteiger partial charge >= 0.3 is 0 Å². The molecule has 1 aromatic rings. The molecule has 1 aromatic heterocycles. The Labute approximate surface area is 104 Å². The van der Waals surface area contributed by atoms with E-state index in [2.05, 4.69) is 53.1 Å². The molecule has 0 radical (unpaired) electrons. The van der Waals surface area contributed by atoms with Crippen molar-refractivity contribution in [3.05, 3.63) is 6.20 Å². The molecule has 0 saturated heterocycles. The maximum absolute atomic E-state index is 4.45. The predicted molar refractivity (Wildman–Crippen MR) is 71.3 cm³/mol. The minimum Gasteiger partial charge on any atom is -0.356 e. The van der Waals surface area contributed by atoms with Gasteiger partial charge in [-0.2, -0.15) is 10.1 Å². The van der Waals surface area contributed by atoms with E-state index in [1.165, 1.54) is 0 Å². The van der Waals surface area contributed by atoms with E-state index in [-0.39, 0.29) is 0 Å². The van der Waals surface area contributed by atoms with E-state index in [9.17, 15) is 0 Å². The first-order valence-electron chi connectivity index (χ1n) is 6.35. The number of rotatable bonds is 7. The van der Waals surface area contributed by atoms with Crippen LogP contribution in [0.25, 0.3) is 0 Å². The lowest BCUT2D eigenvalue weighted by Gasteiger charge is -2.19. The average Bonchev–Trinajstić information content (AvgIpc) is 2.31. The van der Waals surface area contributed by atoms with E-state index < -0.39 is 0 Å². The van der Waals surface area contributed by atoms with E-state index in [1.54, 1.807) is 6.20 Å². The first-order valence-corrected chi connectivity index (χ1v) is 6.35. The Morgan fingerprint density at radius 1 is 1.29 bits per heavy atom. The van der Waals surface area contributed by atoms with Crippen LogP contribution in [0, 0.1) is 5.92 Å². The van der Waals surface area contributed by atoms with Gasteiger partial charge in [0.15, 0.2) is 5.82 Å². The summed E-state index contributed by atoms with van der Waals surface area (Å²) in [5.74, 6) is 2.19. The van der Waals surface area contributed by atoms with E-state index in [0.29, 0.717) is 11.9 Å². The summed E-state index contributed by atoms with van der Waals surface area (Å²) >= 11 is 0. The van der Waals surface area contributed by atoms with Crippen LogP contribution in [0.2, 0.25) is 0 Å². The third-order valence-electron chi connectivity index (χ3n) is 2.64. The fourth-order valence-electron chi connectivity index (χ4n) is 1.54. The van der Waals surface area contributed by atoms with E-state index in [1.807, 2.05) is 0 Å². The van der Waals surface area contributed by atoms with Crippen molar-refractivity contribution in [2.75, 3.05) is 29.9 Å². The largest absolute Gasteiger partial charge is 0.356 e. The molecule has 1 heterocycles. The number of hydrogen-bond acceptors (Lipinski definition) is 5. The first-order chi connectivity index (χ1) is 8.17. The smallest absolute Gasteiger partial charge is 0.244 e. The Bertz CT molecular complexity index is 322. The Morgan fingerprint density at radius 2 is 2.00 bits per heavy atom. The molecule has 0 unspecified atom stereocenters. The molecule has 0 fully saturated rings. The van der Waals surface area contributed by atoms with Crippen molar-refractivity contribution in [1.82, 2.24) is 15.2 Å². The number of nitrogens with one attached hydrogen (secondary N) is 1. The van der Waals surface area contributed by atoms with Crippen molar-refractivity contribution in [3.63, 3.8) is 0 Å². The normalized spacial score (nSPS) is 10.6. The Morgan fingerprint density at radius 3 is 2.59 bits per heavy atom. The van der Waals surface area contributed by atoms with Gasteiger partial charge in [0.2, 0.25) is 5.95 Å². The molecule has 0 spiro atoms. The van der Waals surface area contributed by atoms with Gasteiger partial charge in [-0.15, -0.1) is 5.10 Å². The van der Waals surface area contributed by atoms with Gasteiger partial charge in [0, 0.05) is 19.6 Å². The topological polar surface area (TPSA) is 53.9 Å². The molecule has 5 heteroatoms. The molecule has 17 heavy (non-hydrogen) atoms. The van der Waals surface area contributed by atoms with Gasteiger partial charge in [0.05, 0.1) is 6.20 Å². The molecule has 96 valence electrons. The van der Waals surface area contributed by atoms with Crippen LogP contribution in [-0.4, -0.2) is 34.8 Å². The lowest BCUT2D eigenvalue weighted by atomic mass is 10.1. The maximum atomic E-state index is 4.45. The van der Waals surface area contributed by atoms with Crippen molar-refractivity contribution in [3.8, 4) is 0 Å². The summed E-state index contributed by atoms with van der Waals surface area (Å²) in [6.45, 7) is 11.4. The highest BCUT2D eigenvalue weighted by Gasteiger charge is 2.05. The molecule has 5 nitrogen and oxygen atoms in total. The maximum Gasteiger partial charge on any atom is 0.244 e. The second kappa shape index (κ2) is 7.04. The summed E-state index contributed by atoms with van der Waals surface area (Å²) in [7, 11) is 0. The van der Waals surface area contributed by atoms with Crippen LogP contribution in [0.3, 0.4) is 0 Å². The van der Waals surface area contributed by atoms with E-state index >= 15 is 0 Å². The van der Waals surface area contributed by atoms with Crippen LogP contribution in [0.15, 0.2) is 6.20 Å². The SMILES string of the molecule is CCN(CC)c1cnnc(NCCC(C)C)n1. The number of aromatic nitrogens is 3. The summed E-state index contributed by atoms with van der Waals surface area (Å²) < 4.78 is 0. The first kappa shape index (κ1) is 13.7. The molecule has 1 rings (SSSR count). The second-order valence-electron chi connectivity index (χ2n) is 4.42. The molecule has 0 aromatic carbocycles. The molecule has 0 aliphatic rings. The number of nitrogens with zero attached hydrogens (tertiary/aromatic N) is 4. The van der Waals surface area contributed by atoms with Gasteiger partial charge in [-0.3, -0.25) is 0 Å². The van der Waals surface area contributed by atoms with Crippen LogP contribution in [0.5, 0.6) is 0 Å².